The second-order valence-corrected chi connectivity index (χ2v) is 3.44. The van der Waals surface area contributed by atoms with Crippen LogP contribution in [0.2, 0.25) is 0 Å². The van der Waals surface area contributed by atoms with E-state index in [-0.39, 0.29) is 5.97 Å². The topological polar surface area (TPSA) is 29.3 Å². The molecule has 0 unspecified atom stereocenters. The lowest BCUT2D eigenvalue weighted by molar-refractivity contribution is -0.452. The van der Waals surface area contributed by atoms with Crippen molar-refractivity contribution in [3.05, 3.63) is 12.3 Å². The molecule has 0 aromatic rings. The van der Waals surface area contributed by atoms with Gasteiger partial charge in [0, 0.05) is 12.8 Å². The van der Waals surface area contributed by atoms with E-state index in [1.165, 1.54) is 12.8 Å². The van der Waals surface area contributed by atoms with Gasteiger partial charge in [0.25, 0.3) is 0 Å². The van der Waals surface area contributed by atoms with Crippen LogP contribution in [0.3, 0.4) is 0 Å². The standard InChI is InChI=1S/C11H18NO2/c1-3-6-10-7-4-5-8-12(10)9-11(13)14-2/h5,8H,3-4,6-7,9H2,1-2H3/q+1. The van der Waals surface area contributed by atoms with Crippen molar-refractivity contribution < 1.29 is 14.1 Å². The highest BCUT2D eigenvalue weighted by molar-refractivity contribution is 5.81. The fraction of sp³-hybridized carbons (Fsp3) is 0.636. The minimum atomic E-state index is -0.176. The summed E-state index contributed by atoms with van der Waals surface area (Å²) in [5.41, 5.74) is 1.35. The predicted octanol–water partition coefficient (Wildman–Crippen LogP) is 1.72. The number of methoxy groups -OCH3 is 1. The fourth-order valence-corrected chi connectivity index (χ4v) is 1.63. The number of hydrogen-bond donors (Lipinski definition) is 0. The van der Waals surface area contributed by atoms with Gasteiger partial charge in [-0.3, -0.25) is 0 Å². The Hall–Kier alpha value is -1.12. The Bertz CT molecular complexity index is 266. The Morgan fingerprint density at radius 3 is 3.07 bits per heavy atom. The average molecular weight is 196 g/mol. The van der Waals surface area contributed by atoms with Crippen LogP contribution in [0.25, 0.3) is 0 Å². The molecular weight excluding hydrogens is 178 g/mol. The summed E-state index contributed by atoms with van der Waals surface area (Å²) in [5.74, 6) is -0.176. The van der Waals surface area contributed by atoms with Crippen molar-refractivity contribution in [2.75, 3.05) is 13.7 Å². The smallest absolute Gasteiger partial charge is 0.372 e. The average Bonchev–Trinajstić information content (AvgIpc) is 2.21. The molecule has 0 atom stereocenters. The van der Waals surface area contributed by atoms with Crippen molar-refractivity contribution in [2.45, 2.75) is 32.6 Å². The molecule has 1 rings (SSSR count). The number of hydrogen-bond acceptors (Lipinski definition) is 2. The van der Waals surface area contributed by atoms with E-state index >= 15 is 0 Å². The molecule has 0 spiro atoms. The van der Waals surface area contributed by atoms with Crippen LogP contribution in [0, 0.1) is 0 Å². The lowest BCUT2D eigenvalue weighted by Gasteiger charge is -2.08. The first-order chi connectivity index (χ1) is 6.77. The van der Waals surface area contributed by atoms with E-state index in [1.807, 2.05) is 10.8 Å². The fourth-order valence-electron chi connectivity index (χ4n) is 1.63. The molecule has 0 radical (unpaired) electrons. The first kappa shape index (κ1) is 11.0. The third kappa shape index (κ3) is 2.98. The molecule has 1 heterocycles. The van der Waals surface area contributed by atoms with Gasteiger partial charge < -0.3 is 4.74 Å². The number of carbonyl (C=O) groups excluding carboxylic acids is 1. The quantitative estimate of drug-likeness (QED) is 0.506. The van der Waals surface area contributed by atoms with Crippen molar-refractivity contribution in [1.82, 2.24) is 0 Å². The second-order valence-electron chi connectivity index (χ2n) is 3.44. The zero-order valence-corrected chi connectivity index (χ0v) is 8.95. The molecule has 3 heteroatoms. The van der Waals surface area contributed by atoms with Crippen molar-refractivity contribution in [3.63, 3.8) is 0 Å². The molecule has 0 aliphatic carbocycles. The molecule has 0 saturated heterocycles. The van der Waals surface area contributed by atoms with E-state index in [0.717, 1.165) is 25.7 Å². The molecule has 0 saturated carbocycles. The van der Waals surface area contributed by atoms with Crippen molar-refractivity contribution in [3.8, 4) is 0 Å². The van der Waals surface area contributed by atoms with Crippen LogP contribution in [-0.2, 0) is 9.53 Å². The summed E-state index contributed by atoms with van der Waals surface area (Å²) in [5, 5.41) is 0. The second kappa shape index (κ2) is 5.58. The maximum absolute atomic E-state index is 11.1. The van der Waals surface area contributed by atoms with Crippen LogP contribution in [0.1, 0.15) is 32.6 Å². The summed E-state index contributed by atoms with van der Waals surface area (Å²) in [6.07, 6.45) is 8.45. The number of rotatable bonds is 4. The van der Waals surface area contributed by atoms with Crippen molar-refractivity contribution >= 4 is 11.7 Å². The van der Waals surface area contributed by atoms with Gasteiger partial charge in [0.15, 0.2) is 11.9 Å². The first-order valence-corrected chi connectivity index (χ1v) is 5.12. The van der Waals surface area contributed by atoms with Gasteiger partial charge in [0.05, 0.1) is 7.11 Å². The monoisotopic (exact) mass is 196 g/mol. The number of nitrogens with zero attached hydrogens (tertiary/aromatic N) is 1. The van der Waals surface area contributed by atoms with Crippen molar-refractivity contribution in [2.24, 2.45) is 0 Å². The van der Waals surface area contributed by atoms with Crippen molar-refractivity contribution in [1.29, 1.82) is 0 Å². The Labute approximate surface area is 85.1 Å². The zero-order chi connectivity index (χ0) is 10.4. The maximum atomic E-state index is 11.1. The molecule has 0 amide bonds. The van der Waals surface area contributed by atoms with Crippen LogP contribution in [0.15, 0.2) is 12.3 Å². The van der Waals surface area contributed by atoms with Crippen LogP contribution >= 0.6 is 0 Å². The van der Waals surface area contributed by atoms with Gasteiger partial charge >= 0.3 is 5.97 Å². The van der Waals surface area contributed by atoms with Gasteiger partial charge in [-0.05, 0) is 18.9 Å². The third-order valence-corrected chi connectivity index (χ3v) is 2.36. The number of allylic oxidation sites excluding steroid dienone is 1. The number of carbonyl (C=O) groups is 1. The summed E-state index contributed by atoms with van der Waals surface area (Å²) < 4.78 is 6.66. The molecule has 0 bridgehead atoms. The largest absolute Gasteiger partial charge is 0.464 e. The van der Waals surface area contributed by atoms with Gasteiger partial charge in [-0.15, -0.1) is 0 Å². The minimum Gasteiger partial charge on any atom is -0.464 e. The van der Waals surface area contributed by atoms with Crippen LogP contribution in [-0.4, -0.2) is 29.9 Å². The summed E-state index contributed by atoms with van der Waals surface area (Å²) in [7, 11) is 1.43. The lowest BCUT2D eigenvalue weighted by atomic mass is 10.1. The molecule has 0 aromatic heterocycles. The lowest BCUT2D eigenvalue weighted by Crippen LogP contribution is -2.25. The molecule has 1 aliphatic rings. The van der Waals surface area contributed by atoms with Crippen LogP contribution in [0.5, 0.6) is 0 Å². The van der Waals surface area contributed by atoms with Crippen LogP contribution in [0.4, 0.5) is 0 Å². The van der Waals surface area contributed by atoms with Gasteiger partial charge in [0.1, 0.15) is 0 Å². The summed E-state index contributed by atoms with van der Waals surface area (Å²) in [6.45, 7) is 2.50. The van der Waals surface area contributed by atoms with Crippen LogP contribution < -0.4 is 0 Å². The van der Waals surface area contributed by atoms with Gasteiger partial charge in [-0.25, -0.2) is 4.79 Å². The Kier molecular flexibility index (Phi) is 4.36. The molecule has 14 heavy (non-hydrogen) atoms. The Balaban J connectivity index is 2.68. The van der Waals surface area contributed by atoms with E-state index in [9.17, 15) is 4.79 Å². The highest BCUT2D eigenvalue weighted by Gasteiger charge is 2.18. The predicted molar refractivity (Wildman–Crippen MR) is 55.4 cm³/mol. The molecule has 0 N–H and O–H groups in total. The first-order valence-electron chi connectivity index (χ1n) is 5.12. The van der Waals surface area contributed by atoms with Gasteiger partial charge in [-0.1, -0.05) is 6.92 Å². The molecule has 0 aromatic carbocycles. The summed E-state index contributed by atoms with van der Waals surface area (Å²) >= 11 is 0. The zero-order valence-electron chi connectivity index (χ0n) is 8.95. The molecular formula is C11H18NO2+. The maximum Gasteiger partial charge on any atom is 0.372 e. The molecule has 78 valence electrons. The molecule has 1 aliphatic heterocycles. The van der Waals surface area contributed by atoms with Gasteiger partial charge in [0.2, 0.25) is 6.54 Å². The van der Waals surface area contributed by atoms with E-state index in [2.05, 4.69) is 17.7 Å². The Morgan fingerprint density at radius 1 is 1.64 bits per heavy atom. The highest BCUT2D eigenvalue weighted by atomic mass is 16.5. The van der Waals surface area contributed by atoms with E-state index in [4.69, 9.17) is 0 Å². The van der Waals surface area contributed by atoms with E-state index in [1.54, 1.807) is 0 Å². The SMILES string of the molecule is CCCC1=[N+](CC(=O)OC)C=CCC1. The van der Waals surface area contributed by atoms with E-state index in [0.29, 0.717) is 6.54 Å². The number of ether oxygens (including phenoxy) is 1. The third-order valence-electron chi connectivity index (χ3n) is 2.36. The van der Waals surface area contributed by atoms with E-state index < -0.39 is 0 Å². The van der Waals surface area contributed by atoms with Gasteiger partial charge in [-0.2, -0.15) is 4.58 Å². The number of esters is 1. The summed E-state index contributed by atoms with van der Waals surface area (Å²) in [6, 6.07) is 0. The minimum absolute atomic E-state index is 0.176. The normalized spacial score (nSPS) is 15.9. The summed E-state index contributed by atoms with van der Waals surface area (Å²) in [4.78, 5) is 11.1. The molecule has 0 fully saturated rings. The Morgan fingerprint density at radius 2 is 2.43 bits per heavy atom. The molecule has 3 nitrogen and oxygen atoms in total. The highest BCUT2D eigenvalue weighted by Crippen LogP contribution is 2.07.